The van der Waals surface area contributed by atoms with Crippen LogP contribution in [0.25, 0.3) is 0 Å². The molecule has 5 heteroatoms. The summed E-state index contributed by atoms with van der Waals surface area (Å²) in [6.07, 6.45) is 6.95. The number of nitrogens with zero attached hydrogens (tertiary/aromatic N) is 4. The Labute approximate surface area is 108 Å². The van der Waals surface area contributed by atoms with Crippen molar-refractivity contribution < 1.29 is 0 Å². The predicted molar refractivity (Wildman–Crippen MR) is 71.1 cm³/mol. The number of aromatic nitrogens is 4. The SMILES string of the molecule is CC(C)NCc1ccn(CCc2cnn(C)c2)n1. The summed E-state index contributed by atoms with van der Waals surface area (Å²) in [5.74, 6) is 0. The van der Waals surface area contributed by atoms with Gasteiger partial charge in [-0.3, -0.25) is 9.36 Å². The molecule has 2 rings (SSSR count). The van der Waals surface area contributed by atoms with E-state index in [2.05, 4.69) is 35.4 Å². The van der Waals surface area contributed by atoms with Gasteiger partial charge in [-0.05, 0) is 18.1 Å². The third-order valence-electron chi connectivity index (χ3n) is 2.78. The van der Waals surface area contributed by atoms with E-state index in [1.54, 1.807) is 0 Å². The van der Waals surface area contributed by atoms with Crippen LogP contribution in [-0.4, -0.2) is 25.6 Å². The van der Waals surface area contributed by atoms with Gasteiger partial charge in [0.2, 0.25) is 0 Å². The van der Waals surface area contributed by atoms with Crippen molar-refractivity contribution >= 4 is 0 Å². The third kappa shape index (κ3) is 3.70. The quantitative estimate of drug-likeness (QED) is 0.838. The van der Waals surface area contributed by atoms with Gasteiger partial charge in [-0.15, -0.1) is 0 Å². The van der Waals surface area contributed by atoms with E-state index in [1.165, 1.54) is 5.56 Å². The lowest BCUT2D eigenvalue weighted by Gasteiger charge is -2.05. The Balaban J connectivity index is 1.83. The van der Waals surface area contributed by atoms with E-state index in [-0.39, 0.29) is 0 Å². The molecule has 0 atom stereocenters. The molecule has 2 aromatic rings. The summed E-state index contributed by atoms with van der Waals surface area (Å²) in [4.78, 5) is 0. The third-order valence-corrected chi connectivity index (χ3v) is 2.78. The zero-order valence-corrected chi connectivity index (χ0v) is 11.3. The Morgan fingerprint density at radius 3 is 2.89 bits per heavy atom. The molecule has 1 N–H and O–H groups in total. The molecular weight excluding hydrogens is 226 g/mol. The highest BCUT2D eigenvalue weighted by molar-refractivity contribution is 5.04. The summed E-state index contributed by atoms with van der Waals surface area (Å²) in [6.45, 7) is 6.00. The predicted octanol–water partition coefficient (Wildman–Crippen LogP) is 1.36. The largest absolute Gasteiger partial charge is 0.309 e. The van der Waals surface area contributed by atoms with Crippen molar-refractivity contribution in [2.24, 2.45) is 7.05 Å². The molecule has 0 saturated heterocycles. The summed E-state index contributed by atoms with van der Waals surface area (Å²) in [6, 6.07) is 2.56. The minimum absolute atomic E-state index is 0.491. The molecule has 0 aliphatic carbocycles. The Hall–Kier alpha value is -1.62. The van der Waals surface area contributed by atoms with Crippen LogP contribution in [0.5, 0.6) is 0 Å². The fourth-order valence-electron chi connectivity index (χ4n) is 1.78. The first-order valence-corrected chi connectivity index (χ1v) is 6.37. The Morgan fingerprint density at radius 2 is 2.22 bits per heavy atom. The summed E-state index contributed by atoms with van der Waals surface area (Å²) in [7, 11) is 1.94. The van der Waals surface area contributed by atoms with Gasteiger partial charge in [0.15, 0.2) is 0 Å². The van der Waals surface area contributed by atoms with E-state index >= 15 is 0 Å². The molecule has 0 fully saturated rings. The first kappa shape index (κ1) is 12.8. The highest BCUT2D eigenvalue weighted by Gasteiger charge is 2.01. The molecule has 5 nitrogen and oxygen atoms in total. The van der Waals surface area contributed by atoms with Crippen LogP contribution in [0.4, 0.5) is 0 Å². The van der Waals surface area contributed by atoms with Crippen molar-refractivity contribution in [2.45, 2.75) is 39.4 Å². The highest BCUT2D eigenvalue weighted by Crippen LogP contribution is 2.01. The molecule has 0 spiro atoms. The summed E-state index contributed by atoms with van der Waals surface area (Å²) < 4.78 is 3.82. The van der Waals surface area contributed by atoms with Gasteiger partial charge < -0.3 is 5.32 Å². The molecule has 2 aromatic heterocycles. The maximum Gasteiger partial charge on any atom is 0.0762 e. The van der Waals surface area contributed by atoms with Gasteiger partial charge in [0, 0.05) is 38.6 Å². The van der Waals surface area contributed by atoms with Crippen molar-refractivity contribution in [1.82, 2.24) is 24.9 Å². The van der Waals surface area contributed by atoms with Crippen molar-refractivity contribution in [3.63, 3.8) is 0 Å². The number of hydrogen-bond acceptors (Lipinski definition) is 3. The molecule has 0 radical (unpaired) electrons. The lowest BCUT2D eigenvalue weighted by atomic mass is 10.2. The second kappa shape index (κ2) is 5.82. The Morgan fingerprint density at radius 1 is 1.39 bits per heavy atom. The second-order valence-electron chi connectivity index (χ2n) is 4.88. The molecule has 0 unspecified atom stereocenters. The molecule has 18 heavy (non-hydrogen) atoms. The van der Waals surface area contributed by atoms with Crippen molar-refractivity contribution in [3.8, 4) is 0 Å². The molecule has 0 aliphatic heterocycles. The fraction of sp³-hybridized carbons (Fsp3) is 0.538. The van der Waals surface area contributed by atoms with E-state index in [0.29, 0.717) is 6.04 Å². The van der Waals surface area contributed by atoms with Gasteiger partial charge in [-0.25, -0.2) is 0 Å². The van der Waals surface area contributed by atoms with E-state index in [9.17, 15) is 0 Å². The van der Waals surface area contributed by atoms with Crippen LogP contribution in [0.3, 0.4) is 0 Å². The van der Waals surface area contributed by atoms with Crippen LogP contribution >= 0.6 is 0 Å². The highest BCUT2D eigenvalue weighted by atomic mass is 15.3. The van der Waals surface area contributed by atoms with Crippen LogP contribution < -0.4 is 5.32 Å². The topological polar surface area (TPSA) is 47.7 Å². The Bertz CT molecular complexity index is 483. The van der Waals surface area contributed by atoms with Gasteiger partial charge in [0.1, 0.15) is 0 Å². The first-order chi connectivity index (χ1) is 8.63. The molecule has 2 heterocycles. The first-order valence-electron chi connectivity index (χ1n) is 6.37. The van der Waals surface area contributed by atoms with Crippen LogP contribution in [0, 0.1) is 0 Å². The smallest absolute Gasteiger partial charge is 0.0762 e. The van der Waals surface area contributed by atoms with Crippen LogP contribution in [-0.2, 0) is 26.6 Å². The molecule has 0 aromatic carbocycles. The molecule has 0 bridgehead atoms. The lowest BCUT2D eigenvalue weighted by Crippen LogP contribution is -2.22. The minimum Gasteiger partial charge on any atom is -0.309 e. The van der Waals surface area contributed by atoms with Gasteiger partial charge in [-0.1, -0.05) is 13.8 Å². The van der Waals surface area contributed by atoms with Gasteiger partial charge in [0.05, 0.1) is 11.9 Å². The zero-order chi connectivity index (χ0) is 13.0. The standard InChI is InChI=1S/C13H21N5/c1-11(2)14-9-13-5-7-18(16-13)6-4-12-8-15-17(3)10-12/h5,7-8,10-11,14H,4,6,9H2,1-3H3. The average Bonchev–Trinajstić information content (AvgIpc) is 2.93. The monoisotopic (exact) mass is 247 g/mol. The van der Waals surface area contributed by atoms with Crippen molar-refractivity contribution in [3.05, 3.63) is 35.9 Å². The van der Waals surface area contributed by atoms with E-state index < -0.39 is 0 Å². The van der Waals surface area contributed by atoms with Crippen molar-refractivity contribution in [2.75, 3.05) is 0 Å². The van der Waals surface area contributed by atoms with Crippen LogP contribution in [0.2, 0.25) is 0 Å². The molecule has 98 valence electrons. The maximum absolute atomic E-state index is 4.53. The zero-order valence-electron chi connectivity index (χ0n) is 11.3. The van der Waals surface area contributed by atoms with Crippen LogP contribution in [0.15, 0.2) is 24.7 Å². The second-order valence-corrected chi connectivity index (χ2v) is 4.88. The van der Waals surface area contributed by atoms with Gasteiger partial charge in [0.25, 0.3) is 0 Å². The number of nitrogens with one attached hydrogen (secondary N) is 1. The van der Waals surface area contributed by atoms with Crippen LogP contribution in [0.1, 0.15) is 25.1 Å². The lowest BCUT2D eigenvalue weighted by molar-refractivity contribution is 0.559. The van der Waals surface area contributed by atoms with E-state index in [0.717, 1.165) is 25.2 Å². The maximum atomic E-state index is 4.53. The average molecular weight is 247 g/mol. The molecule has 0 aliphatic rings. The van der Waals surface area contributed by atoms with Gasteiger partial charge >= 0.3 is 0 Å². The summed E-state index contributed by atoms with van der Waals surface area (Å²) >= 11 is 0. The van der Waals surface area contributed by atoms with E-state index in [1.807, 2.05) is 35.0 Å². The Kier molecular flexibility index (Phi) is 4.15. The summed E-state index contributed by atoms with van der Waals surface area (Å²) in [5.41, 5.74) is 2.34. The normalized spacial score (nSPS) is 11.3. The number of aryl methyl sites for hydroxylation is 3. The molecular formula is C13H21N5. The minimum atomic E-state index is 0.491. The van der Waals surface area contributed by atoms with Crippen molar-refractivity contribution in [1.29, 1.82) is 0 Å². The molecule has 0 saturated carbocycles. The number of hydrogen-bond donors (Lipinski definition) is 1. The fourth-order valence-corrected chi connectivity index (χ4v) is 1.78. The number of rotatable bonds is 6. The van der Waals surface area contributed by atoms with E-state index in [4.69, 9.17) is 0 Å². The van der Waals surface area contributed by atoms with Gasteiger partial charge in [-0.2, -0.15) is 10.2 Å². The summed E-state index contributed by atoms with van der Waals surface area (Å²) in [5, 5.41) is 12.1. The molecule has 0 amide bonds.